The van der Waals surface area contributed by atoms with Crippen molar-refractivity contribution in [3.05, 3.63) is 120 Å². The summed E-state index contributed by atoms with van der Waals surface area (Å²) in [6.45, 7) is 6.36. The molecule has 190 valence electrons. The Morgan fingerprint density at radius 1 is 0.842 bits per heavy atom. The molecule has 0 spiro atoms. The molecule has 1 amide bonds. The highest BCUT2D eigenvalue weighted by molar-refractivity contribution is 6.07. The van der Waals surface area contributed by atoms with Crippen LogP contribution >= 0.6 is 0 Å². The molecule has 5 heteroatoms. The molecule has 38 heavy (non-hydrogen) atoms. The van der Waals surface area contributed by atoms with Crippen LogP contribution in [0.2, 0.25) is 0 Å². The van der Waals surface area contributed by atoms with Crippen molar-refractivity contribution in [1.29, 1.82) is 0 Å². The minimum absolute atomic E-state index is 0.0624. The molecule has 0 aliphatic heterocycles. The van der Waals surface area contributed by atoms with E-state index in [1.165, 1.54) is 5.56 Å². The summed E-state index contributed by atoms with van der Waals surface area (Å²) in [6.07, 6.45) is 1.72. The predicted octanol–water partition coefficient (Wildman–Crippen LogP) is 7.12. The molecule has 5 aromatic rings. The lowest BCUT2D eigenvalue weighted by atomic mass is 9.87. The first-order chi connectivity index (χ1) is 18.4. The molecule has 1 N–H and O–H groups in total. The third-order valence-corrected chi connectivity index (χ3v) is 6.45. The molecule has 0 fully saturated rings. The number of hydrazone groups is 1. The van der Waals surface area contributed by atoms with E-state index in [4.69, 9.17) is 4.74 Å². The van der Waals surface area contributed by atoms with Gasteiger partial charge in [0.05, 0.1) is 17.4 Å². The zero-order valence-electron chi connectivity index (χ0n) is 21.9. The summed E-state index contributed by atoms with van der Waals surface area (Å²) < 4.78 is 7.91. The number of ether oxygens (including phenoxy) is 1. The molecular weight excluding hydrogens is 470 g/mol. The number of para-hydroxylation sites is 2. The third kappa shape index (κ3) is 5.37. The van der Waals surface area contributed by atoms with Crippen molar-refractivity contribution < 1.29 is 9.53 Å². The predicted molar refractivity (Wildman–Crippen MR) is 155 cm³/mol. The lowest BCUT2D eigenvalue weighted by Crippen LogP contribution is -2.24. The second kappa shape index (κ2) is 10.8. The third-order valence-electron chi connectivity index (χ3n) is 6.45. The van der Waals surface area contributed by atoms with Gasteiger partial charge in [0.25, 0.3) is 5.91 Å². The summed E-state index contributed by atoms with van der Waals surface area (Å²) in [7, 11) is 0. The van der Waals surface area contributed by atoms with Gasteiger partial charge in [0.2, 0.25) is 0 Å². The van der Waals surface area contributed by atoms with Crippen LogP contribution in [0.3, 0.4) is 0 Å². The Hall–Kier alpha value is -4.64. The molecule has 0 aliphatic rings. The molecule has 4 aromatic carbocycles. The standard InChI is InChI=1S/C33H31N3O2/c1-33(2,3)25-18-20-27(21-19-25)38-23-31(37)35-34-22-29-28-16-10-11-17-30(28)36(26-14-8-5-9-15-26)32(29)24-12-6-4-7-13-24/h4-22H,23H2,1-3H3,(H,35,37)/b34-22+. The van der Waals surface area contributed by atoms with Gasteiger partial charge in [0, 0.05) is 16.6 Å². The average Bonchev–Trinajstić information content (AvgIpc) is 3.27. The van der Waals surface area contributed by atoms with Gasteiger partial charge in [-0.3, -0.25) is 4.79 Å². The first-order valence-electron chi connectivity index (χ1n) is 12.7. The molecule has 0 aliphatic carbocycles. The lowest BCUT2D eigenvalue weighted by molar-refractivity contribution is -0.123. The zero-order valence-corrected chi connectivity index (χ0v) is 21.9. The van der Waals surface area contributed by atoms with Crippen LogP contribution in [-0.4, -0.2) is 23.3 Å². The number of amides is 1. The minimum atomic E-state index is -0.325. The van der Waals surface area contributed by atoms with Gasteiger partial charge in [-0.25, -0.2) is 5.43 Å². The summed E-state index contributed by atoms with van der Waals surface area (Å²) in [5.41, 5.74) is 9.00. The van der Waals surface area contributed by atoms with Gasteiger partial charge in [-0.15, -0.1) is 0 Å². The summed E-state index contributed by atoms with van der Waals surface area (Å²) in [4.78, 5) is 12.5. The number of benzene rings is 4. The van der Waals surface area contributed by atoms with E-state index in [1.807, 2.05) is 72.8 Å². The van der Waals surface area contributed by atoms with E-state index in [2.05, 4.69) is 72.3 Å². The van der Waals surface area contributed by atoms with Crippen molar-refractivity contribution >= 4 is 23.0 Å². The second-order valence-electron chi connectivity index (χ2n) is 10.2. The van der Waals surface area contributed by atoms with E-state index in [9.17, 15) is 4.79 Å². The number of hydrogen-bond acceptors (Lipinski definition) is 3. The number of nitrogens with zero attached hydrogens (tertiary/aromatic N) is 2. The Labute approximate surface area is 223 Å². The van der Waals surface area contributed by atoms with Crippen LogP contribution in [0.1, 0.15) is 31.9 Å². The highest BCUT2D eigenvalue weighted by atomic mass is 16.5. The van der Waals surface area contributed by atoms with Crippen LogP contribution in [0.15, 0.2) is 114 Å². The Bertz CT molecular complexity index is 1560. The van der Waals surface area contributed by atoms with Crippen molar-refractivity contribution in [3.8, 4) is 22.7 Å². The van der Waals surface area contributed by atoms with Crippen LogP contribution in [-0.2, 0) is 10.2 Å². The minimum Gasteiger partial charge on any atom is -0.484 e. The van der Waals surface area contributed by atoms with Crippen LogP contribution < -0.4 is 10.2 Å². The first kappa shape index (κ1) is 25.0. The molecular formula is C33H31N3O2. The number of carbonyl (C=O) groups excluding carboxylic acids is 1. The summed E-state index contributed by atoms with van der Waals surface area (Å²) in [5, 5.41) is 5.37. The molecule has 0 saturated carbocycles. The number of aromatic nitrogens is 1. The summed E-state index contributed by atoms with van der Waals surface area (Å²) in [5.74, 6) is 0.323. The molecule has 0 radical (unpaired) electrons. The van der Waals surface area contributed by atoms with E-state index in [1.54, 1.807) is 6.21 Å². The van der Waals surface area contributed by atoms with Crippen LogP contribution in [0.5, 0.6) is 5.75 Å². The number of hydrogen-bond donors (Lipinski definition) is 1. The van der Waals surface area contributed by atoms with Crippen molar-refractivity contribution in [2.45, 2.75) is 26.2 Å². The van der Waals surface area contributed by atoms with Gasteiger partial charge in [0.15, 0.2) is 6.61 Å². The van der Waals surface area contributed by atoms with E-state index >= 15 is 0 Å². The molecule has 0 unspecified atom stereocenters. The van der Waals surface area contributed by atoms with E-state index in [0.717, 1.165) is 33.4 Å². The maximum Gasteiger partial charge on any atom is 0.277 e. The molecule has 5 nitrogen and oxygen atoms in total. The van der Waals surface area contributed by atoms with Gasteiger partial charge in [-0.05, 0) is 46.9 Å². The highest BCUT2D eigenvalue weighted by Crippen LogP contribution is 2.35. The van der Waals surface area contributed by atoms with E-state index < -0.39 is 0 Å². The van der Waals surface area contributed by atoms with Gasteiger partial charge >= 0.3 is 0 Å². The fourth-order valence-electron chi connectivity index (χ4n) is 4.52. The van der Waals surface area contributed by atoms with Gasteiger partial charge in [-0.1, -0.05) is 99.6 Å². The van der Waals surface area contributed by atoms with Gasteiger partial charge in [-0.2, -0.15) is 5.10 Å². The van der Waals surface area contributed by atoms with Gasteiger partial charge in [0.1, 0.15) is 5.75 Å². The van der Waals surface area contributed by atoms with Gasteiger partial charge < -0.3 is 9.30 Å². The highest BCUT2D eigenvalue weighted by Gasteiger charge is 2.18. The summed E-state index contributed by atoms with van der Waals surface area (Å²) >= 11 is 0. The monoisotopic (exact) mass is 501 g/mol. The van der Waals surface area contributed by atoms with Crippen LogP contribution in [0.4, 0.5) is 0 Å². The molecule has 0 bridgehead atoms. The lowest BCUT2D eigenvalue weighted by Gasteiger charge is -2.19. The molecule has 5 rings (SSSR count). The quantitative estimate of drug-likeness (QED) is 0.191. The topological polar surface area (TPSA) is 55.6 Å². The van der Waals surface area contributed by atoms with E-state index in [-0.39, 0.29) is 17.9 Å². The molecule has 1 heterocycles. The Morgan fingerprint density at radius 3 is 2.16 bits per heavy atom. The van der Waals surface area contributed by atoms with Crippen LogP contribution in [0.25, 0.3) is 27.8 Å². The maximum absolute atomic E-state index is 12.5. The number of rotatable bonds is 7. The van der Waals surface area contributed by atoms with Crippen molar-refractivity contribution in [3.63, 3.8) is 0 Å². The molecule has 0 atom stereocenters. The number of carbonyl (C=O) groups is 1. The fraction of sp³-hybridized carbons (Fsp3) is 0.152. The normalized spacial score (nSPS) is 11.7. The Kier molecular flexibility index (Phi) is 7.09. The Morgan fingerprint density at radius 2 is 1.47 bits per heavy atom. The number of fused-ring (bicyclic) bond motifs is 1. The number of nitrogens with one attached hydrogen (secondary N) is 1. The average molecular weight is 502 g/mol. The molecule has 0 saturated heterocycles. The maximum atomic E-state index is 12.5. The smallest absolute Gasteiger partial charge is 0.277 e. The summed E-state index contributed by atoms with van der Waals surface area (Å²) in [6, 6.07) is 36.5. The zero-order chi connectivity index (χ0) is 26.5. The fourth-order valence-corrected chi connectivity index (χ4v) is 4.52. The molecule has 1 aromatic heterocycles. The van der Waals surface area contributed by atoms with Crippen molar-refractivity contribution in [2.75, 3.05) is 6.61 Å². The second-order valence-corrected chi connectivity index (χ2v) is 10.2. The largest absolute Gasteiger partial charge is 0.484 e. The van der Waals surface area contributed by atoms with Crippen LogP contribution in [0, 0.1) is 0 Å². The van der Waals surface area contributed by atoms with Crippen molar-refractivity contribution in [1.82, 2.24) is 9.99 Å². The SMILES string of the molecule is CC(C)(C)c1ccc(OCC(=O)N/N=C/c2c(-c3ccccc3)n(-c3ccccc3)c3ccccc23)cc1. The Balaban J connectivity index is 1.41. The van der Waals surface area contributed by atoms with Crippen molar-refractivity contribution in [2.24, 2.45) is 5.10 Å². The first-order valence-corrected chi connectivity index (χ1v) is 12.7. The van der Waals surface area contributed by atoms with E-state index in [0.29, 0.717) is 5.75 Å².